The highest BCUT2D eigenvalue weighted by atomic mass is 35.5. The smallest absolute Gasteiger partial charge is 0.263 e. The van der Waals surface area contributed by atoms with Crippen LogP contribution in [0.2, 0.25) is 5.02 Å². The van der Waals surface area contributed by atoms with Gasteiger partial charge >= 0.3 is 0 Å². The molecule has 0 spiro atoms. The van der Waals surface area contributed by atoms with Crippen molar-refractivity contribution in [3.63, 3.8) is 0 Å². The molecule has 1 aromatic carbocycles. The van der Waals surface area contributed by atoms with E-state index in [0.29, 0.717) is 22.6 Å². The lowest BCUT2D eigenvalue weighted by atomic mass is 10.0. The molecular weight excluding hydrogens is 276 g/mol. The van der Waals surface area contributed by atoms with Crippen LogP contribution in [-0.2, 0) is 4.79 Å². The van der Waals surface area contributed by atoms with Crippen LogP contribution in [0.1, 0.15) is 6.92 Å². The molecule has 2 aliphatic rings. The van der Waals surface area contributed by atoms with E-state index in [9.17, 15) is 4.79 Å². The van der Waals surface area contributed by atoms with E-state index < -0.39 is 6.10 Å². The number of nitrogens with zero attached hydrogens (tertiary/aromatic N) is 1. The normalized spacial score (nSPS) is 26.4. The van der Waals surface area contributed by atoms with Crippen molar-refractivity contribution in [2.75, 3.05) is 26.2 Å². The van der Waals surface area contributed by atoms with Crippen molar-refractivity contribution in [3.8, 4) is 5.75 Å². The third-order valence-electron chi connectivity index (χ3n) is 4.16. The summed E-state index contributed by atoms with van der Waals surface area (Å²) in [6.07, 6.45) is -0.472. The Morgan fingerprint density at radius 2 is 2.10 bits per heavy atom. The van der Waals surface area contributed by atoms with Crippen molar-refractivity contribution in [1.29, 1.82) is 0 Å². The highest BCUT2D eigenvalue weighted by molar-refractivity contribution is 6.30. The highest BCUT2D eigenvalue weighted by Gasteiger charge is 2.39. The van der Waals surface area contributed by atoms with Crippen LogP contribution < -0.4 is 10.1 Å². The summed E-state index contributed by atoms with van der Waals surface area (Å²) in [5, 5.41) is 3.99. The summed E-state index contributed by atoms with van der Waals surface area (Å²) < 4.78 is 5.70. The lowest BCUT2D eigenvalue weighted by molar-refractivity contribution is -0.137. The Kier molecular flexibility index (Phi) is 3.85. The molecule has 1 unspecified atom stereocenters. The molecule has 108 valence electrons. The number of ether oxygens (including phenoxy) is 1. The number of fused-ring (bicyclic) bond motifs is 1. The van der Waals surface area contributed by atoms with Crippen molar-refractivity contribution in [1.82, 2.24) is 10.2 Å². The SMILES string of the molecule is CC(Oc1cccc(Cl)c1)C(=O)N1C[C@H]2CNC[C@H]2C1. The molecule has 0 aromatic heterocycles. The van der Waals surface area contributed by atoms with Crippen molar-refractivity contribution in [2.45, 2.75) is 13.0 Å². The first-order chi connectivity index (χ1) is 9.63. The third kappa shape index (κ3) is 2.76. The van der Waals surface area contributed by atoms with E-state index in [1.54, 1.807) is 19.1 Å². The Morgan fingerprint density at radius 1 is 1.40 bits per heavy atom. The fourth-order valence-electron chi connectivity index (χ4n) is 3.09. The summed E-state index contributed by atoms with van der Waals surface area (Å²) in [5.74, 6) is 1.92. The summed E-state index contributed by atoms with van der Waals surface area (Å²) >= 11 is 5.92. The number of benzene rings is 1. The minimum atomic E-state index is -0.472. The predicted octanol–water partition coefficient (Wildman–Crippen LogP) is 1.79. The number of amides is 1. The summed E-state index contributed by atoms with van der Waals surface area (Å²) in [6, 6.07) is 7.16. The maximum absolute atomic E-state index is 12.4. The monoisotopic (exact) mass is 294 g/mol. The van der Waals surface area contributed by atoms with Gasteiger partial charge in [0.05, 0.1) is 0 Å². The average molecular weight is 295 g/mol. The average Bonchev–Trinajstić information content (AvgIpc) is 2.98. The Balaban J connectivity index is 1.60. The second-order valence-electron chi connectivity index (χ2n) is 5.64. The van der Waals surface area contributed by atoms with Crippen LogP contribution in [0, 0.1) is 11.8 Å². The Morgan fingerprint density at radius 3 is 2.75 bits per heavy atom. The van der Waals surface area contributed by atoms with E-state index in [-0.39, 0.29) is 5.91 Å². The summed E-state index contributed by atoms with van der Waals surface area (Å²) in [6.45, 7) is 5.55. The number of hydrogen-bond acceptors (Lipinski definition) is 3. The fourth-order valence-corrected chi connectivity index (χ4v) is 3.27. The lowest BCUT2D eigenvalue weighted by Gasteiger charge is -2.22. The Bertz CT molecular complexity index is 496. The molecule has 0 bridgehead atoms. The lowest BCUT2D eigenvalue weighted by Crippen LogP contribution is -2.40. The van der Waals surface area contributed by atoms with E-state index >= 15 is 0 Å². The van der Waals surface area contributed by atoms with Gasteiger partial charge in [-0.2, -0.15) is 0 Å². The minimum absolute atomic E-state index is 0.0689. The van der Waals surface area contributed by atoms with Gasteiger partial charge in [0.1, 0.15) is 5.75 Å². The van der Waals surface area contributed by atoms with Gasteiger partial charge in [-0.3, -0.25) is 4.79 Å². The zero-order chi connectivity index (χ0) is 14.1. The second-order valence-corrected chi connectivity index (χ2v) is 6.08. The van der Waals surface area contributed by atoms with E-state index in [2.05, 4.69) is 5.32 Å². The van der Waals surface area contributed by atoms with Gasteiger partial charge in [-0.15, -0.1) is 0 Å². The maximum Gasteiger partial charge on any atom is 0.263 e. The quantitative estimate of drug-likeness (QED) is 0.924. The van der Waals surface area contributed by atoms with Gasteiger partial charge in [0.15, 0.2) is 6.10 Å². The first-order valence-corrected chi connectivity index (χ1v) is 7.43. The molecule has 2 fully saturated rings. The van der Waals surface area contributed by atoms with Crippen molar-refractivity contribution in [2.24, 2.45) is 11.8 Å². The number of nitrogens with one attached hydrogen (secondary N) is 1. The molecule has 0 saturated carbocycles. The second kappa shape index (κ2) is 5.62. The molecule has 1 amide bonds. The highest BCUT2D eigenvalue weighted by Crippen LogP contribution is 2.27. The van der Waals surface area contributed by atoms with E-state index in [4.69, 9.17) is 16.3 Å². The molecule has 20 heavy (non-hydrogen) atoms. The van der Waals surface area contributed by atoms with Crippen LogP contribution in [0.5, 0.6) is 5.75 Å². The van der Waals surface area contributed by atoms with E-state index in [1.807, 2.05) is 17.0 Å². The molecule has 3 rings (SSSR count). The van der Waals surface area contributed by atoms with Crippen LogP contribution in [-0.4, -0.2) is 43.1 Å². The van der Waals surface area contributed by atoms with Gasteiger partial charge in [-0.1, -0.05) is 17.7 Å². The van der Waals surface area contributed by atoms with Crippen LogP contribution in [0.3, 0.4) is 0 Å². The minimum Gasteiger partial charge on any atom is -0.481 e. The molecule has 0 radical (unpaired) electrons. The first-order valence-electron chi connectivity index (χ1n) is 7.05. The first kappa shape index (κ1) is 13.7. The van der Waals surface area contributed by atoms with Gasteiger partial charge in [0.2, 0.25) is 0 Å². The van der Waals surface area contributed by atoms with E-state index in [0.717, 1.165) is 26.2 Å². The number of hydrogen-bond donors (Lipinski definition) is 1. The molecule has 1 N–H and O–H groups in total. The molecule has 5 heteroatoms. The summed E-state index contributed by atoms with van der Waals surface area (Å²) in [4.78, 5) is 14.3. The number of rotatable bonds is 3. The van der Waals surface area contributed by atoms with Gasteiger partial charge in [-0.05, 0) is 37.0 Å². The predicted molar refractivity (Wildman–Crippen MR) is 78.0 cm³/mol. The zero-order valence-electron chi connectivity index (χ0n) is 11.5. The van der Waals surface area contributed by atoms with Crippen LogP contribution in [0.25, 0.3) is 0 Å². The number of likely N-dealkylation sites (tertiary alicyclic amines) is 1. The third-order valence-corrected chi connectivity index (χ3v) is 4.39. The number of carbonyl (C=O) groups is 1. The Labute approximate surface area is 124 Å². The summed E-state index contributed by atoms with van der Waals surface area (Å²) in [5.41, 5.74) is 0. The number of halogens is 1. The summed E-state index contributed by atoms with van der Waals surface area (Å²) in [7, 11) is 0. The van der Waals surface area contributed by atoms with Gasteiger partial charge in [0.25, 0.3) is 5.91 Å². The largest absolute Gasteiger partial charge is 0.481 e. The topological polar surface area (TPSA) is 41.6 Å². The molecule has 2 heterocycles. The zero-order valence-corrected chi connectivity index (χ0v) is 12.3. The standard InChI is InChI=1S/C15H19ClN2O2/c1-10(20-14-4-2-3-13(16)5-14)15(19)18-8-11-6-17-7-12(11)9-18/h2-5,10-12,17H,6-9H2,1H3/t10?,11-,12+. The molecule has 2 saturated heterocycles. The van der Waals surface area contributed by atoms with Gasteiger partial charge < -0.3 is 15.0 Å². The van der Waals surface area contributed by atoms with Crippen molar-refractivity contribution >= 4 is 17.5 Å². The molecule has 2 aliphatic heterocycles. The number of carbonyl (C=O) groups excluding carboxylic acids is 1. The van der Waals surface area contributed by atoms with E-state index in [1.165, 1.54) is 0 Å². The van der Waals surface area contributed by atoms with Gasteiger partial charge in [0, 0.05) is 31.2 Å². The van der Waals surface area contributed by atoms with Crippen LogP contribution in [0.4, 0.5) is 0 Å². The molecule has 0 aliphatic carbocycles. The van der Waals surface area contributed by atoms with Gasteiger partial charge in [-0.25, -0.2) is 0 Å². The molecule has 4 nitrogen and oxygen atoms in total. The van der Waals surface area contributed by atoms with Crippen molar-refractivity contribution < 1.29 is 9.53 Å². The van der Waals surface area contributed by atoms with Crippen LogP contribution in [0.15, 0.2) is 24.3 Å². The molecular formula is C15H19ClN2O2. The fraction of sp³-hybridized carbons (Fsp3) is 0.533. The van der Waals surface area contributed by atoms with Crippen LogP contribution >= 0.6 is 11.6 Å². The Hall–Kier alpha value is -1.26. The molecule has 3 atom stereocenters. The maximum atomic E-state index is 12.4. The van der Waals surface area contributed by atoms with Crippen molar-refractivity contribution in [3.05, 3.63) is 29.3 Å². The molecule has 1 aromatic rings.